The molecule has 4 nitrogen and oxygen atoms in total. The van der Waals surface area contributed by atoms with Crippen LogP contribution in [-0.2, 0) is 9.59 Å². The van der Waals surface area contributed by atoms with Crippen LogP contribution in [0.25, 0.3) is 0 Å². The Balaban J connectivity index is 2.86. The minimum atomic E-state index is -1.07. The average molecular weight is 247 g/mol. The van der Waals surface area contributed by atoms with Crippen LogP contribution in [0.2, 0.25) is 0 Å². The Hall–Kier alpha value is -2.10. The van der Waals surface area contributed by atoms with Crippen molar-refractivity contribution < 1.29 is 14.7 Å². The molecule has 0 spiro atoms. The molecule has 1 amide bonds. The van der Waals surface area contributed by atoms with Gasteiger partial charge in [0.15, 0.2) is 6.04 Å². The zero-order chi connectivity index (χ0) is 13.5. The maximum absolute atomic E-state index is 11.8. The summed E-state index contributed by atoms with van der Waals surface area (Å²) in [6.45, 7) is 3.59. The van der Waals surface area contributed by atoms with E-state index in [-0.39, 0.29) is 5.91 Å². The lowest BCUT2D eigenvalue weighted by Crippen LogP contribution is -2.34. The zero-order valence-corrected chi connectivity index (χ0v) is 10.5. The summed E-state index contributed by atoms with van der Waals surface area (Å²) in [5.41, 5.74) is 1.09. The first-order valence-electron chi connectivity index (χ1n) is 5.81. The second kappa shape index (κ2) is 6.59. The number of allylic oxidation sites excluding steroid dienone is 1. The van der Waals surface area contributed by atoms with Crippen LogP contribution in [0.3, 0.4) is 0 Å². The van der Waals surface area contributed by atoms with Crippen LogP contribution in [-0.4, -0.2) is 17.0 Å². The SMILES string of the molecule is CC/C=C(\C)C(=O)N[C@H](C(=O)O)c1ccccc1. The molecule has 1 aromatic carbocycles. The summed E-state index contributed by atoms with van der Waals surface area (Å²) in [7, 11) is 0. The Morgan fingerprint density at radius 1 is 1.33 bits per heavy atom. The number of rotatable bonds is 5. The van der Waals surface area contributed by atoms with Crippen molar-refractivity contribution in [2.75, 3.05) is 0 Å². The van der Waals surface area contributed by atoms with Gasteiger partial charge in [0.25, 0.3) is 0 Å². The second-order valence-corrected chi connectivity index (χ2v) is 3.95. The molecular formula is C14H17NO3. The van der Waals surface area contributed by atoms with Gasteiger partial charge in [-0.1, -0.05) is 43.3 Å². The summed E-state index contributed by atoms with van der Waals surface area (Å²) < 4.78 is 0. The number of nitrogens with one attached hydrogen (secondary N) is 1. The van der Waals surface area contributed by atoms with Gasteiger partial charge < -0.3 is 10.4 Å². The molecule has 0 aromatic heterocycles. The molecule has 18 heavy (non-hydrogen) atoms. The van der Waals surface area contributed by atoms with Crippen LogP contribution < -0.4 is 5.32 Å². The number of amides is 1. The van der Waals surface area contributed by atoms with Crippen molar-refractivity contribution in [3.05, 3.63) is 47.5 Å². The lowest BCUT2D eigenvalue weighted by molar-refractivity contribution is -0.141. The maximum Gasteiger partial charge on any atom is 0.330 e. The van der Waals surface area contributed by atoms with E-state index in [9.17, 15) is 9.59 Å². The molecule has 0 aliphatic heterocycles. The van der Waals surface area contributed by atoms with E-state index in [4.69, 9.17) is 5.11 Å². The average Bonchev–Trinajstić information content (AvgIpc) is 2.36. The molecule has 0 radical (unpaired) electrons. The topological polar surface area (TPSA) is 66.4 Å². The van der Waals surface area contributed by atoms with E-state index in [1.807, 2.05) is 6.92 Å². The Labute approximate surface area is 106 Å². The molecule has 0 aliphatic rings. The fraction of sp³-hybridized carbons (Fsp3) is 0.286. The van der Waals surface area contributed by atoms with Crippen molar-refractivity contribution >= 4 is 11.9 Å². The van der Waals surface area contributed by atoms with Gasteiger partial charge >= 0.3 is 5.97 Å². The van der Waals surface area contributed by atoms with Gasteiger partial charge in [-0.2, -0.15) is 0 Å². The Morgan fingerprint density at radius 2 is 1.94 bits per heavy atom. The predicted octanol–water partition coefficient (Wildman–Crippen LogP) is 2.28. The third-order valence-corrected chi connectivity index (χ3v) is 2.52. The Bertz CT molecular complexity index is 451. The number of aliphatic carboxylic acids is 1. The molecule has 0 saturated heterocycles. The van der Waals surface area contributed by atoms with Crippen molar-refractivity contribution in [1.29, 1.82) is 0 Å². The second-order valence-electron chi connectivity index (χ2n) is 3.95. The number of carboxylic acids is 1. The lowest BCUT2D eigenvalue weighted by Gasteiger charge is -2.15. The molecule has 96 valence electrons. The fourth-order valence-corrected chi connectivity index (χ4v) is 1.58. The third-order valence-electron chi connectivity index (χ3n) is 2.52. The highest BCUT2D eigenvalue weighted by molar-refractivity contribution is 5.95. The summed E-state index contributed by atoms with van der Waals surface area (Å²) in [6, 6.07) is 7.62. The van der Waals surface area contributed by atoms with Gasteiger partial charge in [0.05, 0.1) is 0 Å². The molecule has 1 rings (SSSR count). The quantitative estimate of drug-likeness (QED) is 0.784. The number of benzene rings is 1. The number of carbonyl (C=O) groups is 2. The molecule has 0 bridgehead atoms. The number of hydrogen-bond donors (Lipinski definition) is 2. The van der Waals surface area contributed by atoms with Crippen molar-refractivity contribution in [3.8, 4) is 0 Å². The van der Waals surface area contributed by atoms with Gasteiger partial charge in [-0.3, -0.25) is 4.79 Å². The first-order chi connectivity index (χ1) is 8.56. The van der Waals surface area contributed by atoms with Gasteiger partial charge in [-0.05, 0) is 18.9 Å². The van der Waals surface area contributed by atoms with Gasteiger partial charge in [-0.15, -0.1) is 0 Å². The molecule has 1 aromatic rings. The largest absolute Gasteiger partial charge is 0.479 e. The molecule has 4 heteroatoms. The van der Waals surface area contributed by atoms with Gasteiger partial charge in [-0.25, -0.2) is 4.79 Å². The highest BCUT2D eigenvalue weighted by Gasteiger charge is 2.21. The number of carbonyl (C=O) groups excluding carboxylic acids is 1. The van der Waals surface area contributed by atoms with Gasteiger partial charge in [0.2, 0.25) is 5.91 Å². The van der Waals surface area contributed by atoms with Crippen LogP contribution in [0.1, 0.15) is 31.9 Å². The fourth-order valence-electron chi connectivity index (χ4n) is 1.58. The van der Waals surface area contributed by atoms with Crippen LogP contribution in [0.4, 0.5) is 0 Å². The van der Waals surface area contributed by atoms with Crippen molar-refractivity contribution in [3.63, 3.8) is 0 Å². The van der Waals surface area contributed by atoms with E-state index in [2.05, 4.69) is 5.32 Å². The normalized spacial score (nSPS) is 12.9. The van der Waals surface area contributed by atoms with E-state index >= 15 is 0 Å². The molecule has 0 unspecified atom stereocenters. The van der Waals surface area contributed by atoms with E-state index in [0.717, 1.165) is 6.42 Å². The van der Waals surface area contributed by atoms with Crippen LogP contribution in [0.15, 0.2) is 42.0 Å². The first kappa shape index (κ1) is 14.0. The third kappa shape index (κ3) is 3.73. The minimum Gasteiger partial charge on any atom is -0.479 e. The molecule has 0 fully saturated rings. The molecule has 0 heterocycles. The van der Waals surface area contributed by atoms with Crippen LogP contribution in [0.5, 0.6) is 0 Å². The number of carboxylic acid groups (broad SMARTS) is 1. The molecule has 0 aliphatic carbocycles. The summed E-state index contributed by atoms with van der Waals surface area (Å²) in [5, 5.41) is 11.7. The maximum atomic E-state index is 11.8. The first-order valence-corrected chi connectivity index (χ1v) is 5.81. The standard InChI is InChI=1S/C14H17NO3/c1-3-7-10(2)13(16)15-12(14(17)18)11-8-5-4-6-9-11/h4-9,12H,3H2,1-2H3,(H,15,16)(H,17,18)/b10-7+/t12-/m0/s1. The summed E-state index contributed by atoms with van der Waals surface area (Å²) >= 11 is 0. The Morgan fingerprint density at radius 3 is 2.44 bits per heavy atom. The van der Waals surface area contributed by atoms with Crippen LogP contribution in [0, 0.1) is 0 Å². The highest BCUT2D eigenvalue weighted by Crippen LogP contribution is 2.13. The smallest absolute Gasteiger partial charge is 0.330 e. The van der Waals surface area contributed by atoms with E-state index < -0.39 is 12.0 Å². The summed E-state index contributed by atoms with van der Waals surface area (Å²) in [6.07, 6.45) is 2.50. The van der Waals surface area contributed by atoms with Gasteiger partial charge in [0.1, 0.15) is 0 Å². The molecular weight excluding hydrogens is 230 g/mol. The highest BCUT2D eigenvalue weighted by atomic mass is 16.4. The van der Waals surface area contributed by atoms with E-state index in [1.54, 1.807) is 43.3 Å². The van der Waals surface area contributed by atoms with Crippen molar-refractivity contribution in [1.82, 2.24) is 5.32 Å². The lowest BCUT2D eigenvalue weighted by atomic mass is 10.1. The molecule has 2 N–H and O–H groups in total. The van der Waals surface area contributed by atoms with Crippen molar-refractivity contribution in [2.45, 2.75) is 26.3 Å². The van der Waals surface area contributed by atoms with E-state index in [1.165, 1.54) is 0 Å². The van der Waals surface area contributed by atoms with Gasteiger partial charge in [0, 0.05) is 5.57 Å². The summed E-state index contributed by atoms with van der Waals surface area (Å²) in [5.74, 6) is -1.42. The molecule has 0 saturated carbocycles. The van der Waals surface area contributed by atoms with E-state index in [0.29, 0.717) is 11.1 Å². The van der Waals surface area contributed by atoms with Crippen molar-refractivity contribution in [2.24, 2.45) is 0 Å². The summed E-state index contributed by atoms with van der Waals surface area (Å²) in [4.78, 5) is 23.0. The molecule has 1 atom stereocenters. The minimum absolute atomic E-state index is 0.354. The predicted molar refractivity (Wildman–Crippen MR) is 69.0 cm³/mol. The monoisotopic (exact) mass is 247 g/mol. The van der Waals surface area contributed by atoms with Crippen LogP contribution >= 0.6 is 0 Å². The zero-order valence-electron chi connectivity index (χ0n) is 10.5. The number of hydrogen-bond acceptors (Lipinski definition) is 2. The Kier molecular flexibility index (Phi) is 5.11.